The predicted octanol–water partition coefficient (Wildman–Crippen LogP) is 2.82. The summed E-state index contributed by atoms with van der Waals surface area (Å²) in [5.41, 5.74) is 6.33. The zero-order valence-corrected chi connectivity index (χ0v) is 10.7. The molecule has 0 aliphatic rings. The molecule has 1 amide bonds. The fourth-order valence-corrected chi connectivity index (χ4v) is 1.90. The molecule has 18 heavy (non-hydrogen) atoms. The number of nitrogens with one attached hydrogen (secondary N) is 1. The fourth-order valence-electron chi connectivity index (χ4n) is 1.37. The first kappa shape index (κ1) is 12.5. The van der Waals surface area contributed by atoms with Crippen molar-refractivity contribution >= 4 is 33.3 Å². The van der Waals surface area contributed by atoms with Crippen molar-refractivity contribution in [3.8, 4) is 0 Å². The van der Waals surface area contributed by atoms with E-state index in [2.05, 4.69) is 26.2 Å². The van der Waals surface area contributed by atoms with Crippen LogP contribution in [-0.4, -0.2) is 10.9 Å². The molecule has 0 aliphatic carbocycles. The molecule has 4 nitrogen and oxygen atoms in total. The number of carbonyl (C=O) groups is 1. The molecule has 0 atom stereocenters. The van der Waals surface area contributed by atoms with E-state index in [9.17, 15) is 9.18 Å². The van der Waals surface area contributed by atoms with E-state index in [0.717, 1.165) is 0 Å². The van der Waals surface area contributed by atoms with E-state index in [1.165, 1.54) is 24.4 Å². The van der Waals surface area contributed by atoms with Crippen LogP contribution in [0.1, 0.15) is 10.4 Å². The van der Waals surface area contributed by atoms with Crippen LogP contribution in [0, 0.1) is 5.82 Å². The van der Waals surface area contributed by atoms with E-state index in [1.54, 1.807) is 12.1 Å². The molecule has 1 aromatic carbocycles. The van der Waals surface area contributed by atoms with Crippen molar-refractivity contribution in [2.75, 3.05) is 11.1 Å². The van der Waals surface area contributed by atoms with Crippen LogP contribution in [0.25, 0.3) is 0 Å². The molecule has 0 unspecified atom stereocenters. The van der Waals surface area contributed by atoms with Crippen molar-refractivity contribution in [3.05, 3.63) is 52.4 Å². The first-order chi connectivity index (χ1) is 8.58. The monoisotopic (exact) mass is 309 g/mol. The lowest BCUT2D eigenvalue weighted by atomic mass is 10.2. The summed E-state index contributed by atoms with van der Waals surface area (Å²) in [7, 11) is 0. The van der Waals surface area contributed by atoms with Crippen LogP contribution in [-0.2, 0) is 0 Å². The molecule has 2 rings (SSSR count). The molecule has 0 saturated carbocycles. The van der Waals surface area contributed by atoms with Gasteiger partial charge in [-0.3, -0.25) is 4.79 Å². The Kier molecular flexibility index (Phi) is 3.57. The summed E-state index contributed by atoms with van der Waals surface area (Å²) in [6.45, 7) is 0. The van der Waals surface area contributed by atoms with E-state index in [-0.39, 0.29) is 5.82 Å². The smallest absolute Gasteiger partial charge is 0.258 e. The summed E-state index contributed by atoms with van der Waals surface area (Å²) in [6, 6.07) is 7.10. The molecule has 0 fully saturated rings. The number of hydrogen-bond acceptors (Lipinski definition) is 3. The van der Waals surface area contributed by atoms with Crippen molar-refractivity contribution < 1.29 is 9.18 Å². The number of nitrogens with two attached hydrogens (primary N) is 1. The molecule has 0 radical (unpaired) electrons. The number of benzene rings is 1. The maximum absolute atomic E-state index is 12.9. The van der Waals surface area contributed by atoms with Crippen LogP contribution < -0.4 is 11.1 Å². The second kappa shape index (κ2) is 5.14. The highest BCUT2D eigenvalue weighted by atomic mass is 79.9. The molecular weight excluding hydrogens is 301 g/mol. The van der Waals surface area contributed by atoms with Crippen molar-refractivity contribution in [2.24, 2.45) is 0 Å². The van der Waals surface area contributed by atoms with Gasteiger partial charge in [-0.15, -0.1) is 0 Å². The van der Waals surface area contributed by atoms with Gasteiger partial charge in [-0.25, -0.2) is 9.37 Å². The van der Waals surface area contributed by atoms with Gasteiger partial charge >= 0.3 is 0 Å². The Morgan fingerprint density at radius 3 is 2.83 bits per heavy atom. The third kappa shape index (κ3) is 2.65. The van der Waals surface area contributed by atoms with E-state index < -0.39 is 11.7 Å². The summed E-state index contributed by atoms with van der Waals surface area (Å²) in [6.07, 6.45) is 1.52. The van der Waals surface area contributed by atoms with E-state index in [4.69, 9.17) is 5.73 Å². The number of hydrogen-bond donors (Lipinski definition) is 2. The molecule has 92 valence electrons. The minimum atomic E-state index is -0.421. The van der Waals surface area contributed by atoms with Crippen LogP contribution in [0.4, 0.5) is 15.9 Å². The SMILES string of the molecule is Nc1cccnc1NC(=O)c1ccc(F)cc1Br. The first-order valence-electron chi connectivity index (χ1n) is 5.05. The highest BCUT2D eigenvalue weighted by molar-refractivity contribution is 9.10. The maximum atomic E-state index is 12.9. The maximum Gasteiger partial charge on any atom is 0.258 e. The first-order valence-corrected chi connectivity index (χ1v) is 5.84. The Bertz CT molecular complexity index is 604. The summed E-state index contributed by atoms with van der Waals surface area (Å²) in [5.74, 6) is -0.554. The number of rotatable bonds is 2. The average Bonchev–Trinajstić information content (AvgIpc) is 2.32. The lowest BCUT2D eigenvalue weighted by molar-refractivity contribution is 0.102. The number of nitrogen functional groups attached to an aromatic ring is 1. The van der Waals surface area contributed by atoms with Gasteiger partial charge in [0.1, 0.15) is 5.82 Å². The predicted molar refractivity (Wildman–Crippen MR) is 70.7 cm³/mol. The number of nitrogens with zero attached hydrogens (tertiary/aromatic N) is 1. The van der Waals surface area contributed by atoms with Gasteiger partial charge < -0.3 is 11.1 Å². The highest BCUT2D eigenvalue weighted by Crippen LogP contribution is 2.20. The van der Waals surface area contributed by atoms with Gasteiger partial charge in [0.25, 0.3) is 5.91 Å². The largest absolute Gasteiger partial charge is 0.396 e. The summed E-state index contributed by atoms with van der Waals surface area (Å²) < 4.78 is 13.3. The highest BCUT2D eigenvalue weighted by Gasteiger charge is 2.12. The van der Waals surface area contributed by atoms with Gasteiger partial charge in [0.05, 0.1) is 11.3 Å². The summed E-state index contributed by atoms with van der Waals surface area (Å²) in [4.78, 5) is 15.9. The second-order valence-electron chi connectivity index (χ2n) is 3.52. The third-order valence-corrected chi connectivity index (χ3v) is 2.90. The van der Waals surface area contributed by atoms with E-state index in [1.807, 2.05) is 0 Å². The topological polar surface area (TPSA) is 68.0 Å². The van der Waals surface area contributed by atoms with Crippen molar-refractivity contribution in [3.63, 3.8) is 0 Å². The lowest BCUT2D eigenvalue weighted by Gasteiger charge is -2.07. The Morgan fingerprint density at radius 2 is 2.17 bits per heavy atom. The van der Waals surface area contributed by atoms with Crippen molar-refractivity contribution in [1.82, 2.24) is 4.98 Å². The molecule has 0 bridgehead atoms. The minimum absolute atomic E-state index is 0.277. The van der Waals surface area contributed by atoms with Gasteiger partial charge in [-0.1, -0.05) is 0 Å². The van der Waals surface area contributed by atoms with Crippen LogP contribution >= 0.6 is 15.9 Å². The Balaban J connectivity index is 2.25. The van der Waals surface area contributed by atoms with Gasteiger partial charge in [0, 0.05) is 10.7 Å². The molecule has 0 aliphatic heterocycles. The van der Waals surface area contributed by atoms with Gasteiger partial charge in [0.2, 0.25) is 0 Å². The van der Waals surface area contributed by atoms with Crippen molar-refractivity contribution in [2.45, 2.75) is 0 Å². The lowest BCUT2D eigenvalue weighted by Crippen LogP contribution is -2.15. The standard InChI is InChI=1S/C12H9BrFN3O/c13-9-6-7(14)3-4-8(9)12(18)17-11-10(15)2-1-5-16-11/h1-6H,15H2,(H,16,17,18). The Hall–Kier alpha value is -1.95. The second-order valence-corrected chi connectivity index (χ2v) is 4.37. The van der Waals surface area contributed by atoms with Crippen LogP contribution in [0.15, 0.2) is 41.0 Å². The zero-order valence-electron chi connectivity index (χ0n) is 9.15. The summed E-state index contributed by atoms with van der Waals surface area (Å²) in [5, 5.41) is 2.56. The minimum Gasteiger partial charge on any atom is -0.396 e. The number of amides is 1. The van der Waals surface area contributed by atoms with Crippen LogP contribution in [0.5, 0.6) is 0 Å². The van der Waals surface area contributed by atoms with Crippen LogP contribution in [0.3, 0.4) is 0 Å². The molecule has 0 saturated heterocycles. The van der Waals surface area contributed by atoms with Crippen LogP contribution in [0.2, 0.25) is 0 Å². The third-order valence-electron chi connectivity index (χ3n) is 2.25. The number of anilines is 2. The van der Waals surface area contributed by atoms with Gasteiger partial charge in [-0.2, -0.15) is 0 Å². The molecule has 1 aromatic heterocycles. The normalized spacial score (nSPS) is 10.1. The van der Waals surface area contributed by atoms with E-state index in [0.29, 0.717) is 15.7 Å². The molecular formula is C12H9BrFN3O. The molecule has 3 N–H and O–H groups in total. The Morgan fingerprint density at radius 1 is 1.39 bits per heavy atom. The van der Waals surface area contributed by atoms with Crippen molar-refractivity contribution in [1.29, 1.82) is 0 Å². The number of carbonyl (C=O) groups excluding carboxylic acids is 1. The number of pyridine rings is 1. The number of halogens is 2. The fraction of sp³-hybridized carbons (Fsp3) is 0. The van der Waals surface area contributed by atoms with Gasteiger partial charge in [0.15, 0.2) is 5.82 Å². The molecule has 0 spiro atoms. The molecule has 6 heteroatoms. The Labute approximate surface area is 111 Å². The molecule has 2 aromatic rings. The number of aromatic nitrogens is 1. The van der Waals surface area contributed by atoms with Gasteiger partial charge in [-0.05, 0) is 46.3 Å². The van der Waals surface area contributed by atoms with E-state index >= 15 is 0 Å². The zero-order chi connectivity index (χ0) is 13.1. The average molecular weight is 310 g/mol. The quantitative estimate of drug-likeness (QED) is 0.896. The summed E-state index contributed by atoms with van der Waals surface area (Å²) >= 11 is 3.13. The molecule has 1 heterocycles.